The van der Waals surface area contributed by atoms with Crippen molar-refractivity contribution in [3.05, 3.63) is 54.7 Å². The maximum Gasteiger partial charge on any atom is 0.573 e. The summed E-state index contributed by atoms with van der Waals surface area (Å²) >= 11 is 1.19. The third-order valence-corrected chi connectivity index (χ3v) is 5.24. The second-order valence-electron chi connectivity index (χ2n) is 6.53. The number of benzene rings is 2. The van der Waals surface area contributed by atoms with Crippen molar-refractivity contribution in [2.75, 3.05) is 0 Å². The van der Waals surface area contributed by atoms with Crippen LogP contribution >= 0.6 is 11.8 Å². The molecule has 28 heavy (non-hydrogen) atoms. The third-order valence-electron chi connectivity index (χ3n) is 3.98. The molecule has 0 fully saturated rings. The van der Waals surface area contributed by atoms with E-state index in [0.717, 1.165) is 10.3 Å². The van der Waals surface area contributed by atoms with Crippen LogP contribution in [0.15, 0.2) is 59.6 Å². The van der Waals surface area contributed by atoms with Crippen LogP contribution in [0.25, 0.3) is 22.0 Å². The number of pyridine rings is 1. The number of aromatic nitrogens is 1. The molecule has 4 nitrogen and oxygen atoms in total. The van der Waals surface area contributed by atoms with E-state index in [4.69, 9.17) is 0 Å². The molecule has 0 radical (unpaired) electrons. The molecule has 0 amide bonds. The van der Waals surface area contributed by atoms with Gasteiger partial charge >= 0.3 is 12.3 Å². The summed E-state index contributed by atoms with van der Waals surface area (Å²) in [4.78, 5) is 16.5. The molecule has 0 spiro atoms. The highest BCUT2D eigenvalue weighted by molar-refractivity contribution is 8.01. The van der Waals surface area contributed by atoms with Crippen LogP contribution in [0.5, 0.6) is 5.75 Å². The van der Waals surface area contributed by atoms with Crippen molar-refractivity contribution in [1.29, 1.82) is 0 Å². The number of hydrogen-bond donors (Lipinski definition) is 1. The molecule has 0 aliphatic rings. The highest BCUT2D eigenvalue weighted by Crippen LogP contribution is 2.38. The van der Waals surface area contributed by atoms with Crippen LogP contribution in [0.4, 0.5) is 13.2 Å². The Morgan fingerprint density at radius 3 is 2.46 bits per heavy atom. The normalized spacial score (nSPS) is 12.2. The van der Waals surface area contributed by atoms with E-state index in [1.165, 1.54) is 30.0 Å². The predicted octanol–water partition coefficient (Wildman–Crippen LogP) is 5.76. The molecule has 1 N–H and O–H groups in total. The molecular weight excluding hydrogens is 391 g/mol. The van der Waals surface area contributed by atoms with Gasteiger partial charge in [0.1, 0.15) is 10.5 Å². The van der Waals surface area contributed by atoms with Crippen LogP contribution in [-0.2, 0) is 4.79 Å². The fourth-order valence-corrected chi connectivity index (χ4v) is 3.62. The van der Waals surface area contributed by atoms with Crippen LogP contribution in [0, 0.1) is 0 Å². The molecule has 0 bridgehead atoms. The van der Waals surface area contributed by atoms with E-state index in [1.54, 1.807) is 50.4 Å². The van der Waals surface area contributed by atoms with Gasteiger partial charge in [-0.1, -0.05) is 18.2 Å². The quantitative estimate of drug-likeness (QED) is 0.545. The Bertz CT molecular complexity index is 1030. The van der Waals surface area contributed by atoms with Gasteiger partial charge in [0.25, 0.3) is 0 Å². The lowest BCUT2D eigenvalue weighted by atomic mass is 10.0. The van der Waals surface area contributed by atoms with E-state index in [9.17, 15) is 23.1 Å². The number of aliphatic carboxylic acids is 1. The SMILES string of the molecule is CC(C)(Sc1ccnc2ccc(-c3cccc(OC(F)(F)F)c3)cc12)C(=O)O. The van der Waals surface area contributed by atoms with Gasteiger partial charge in [-0.15, -0.1) is 24.9 Å². The zero-order chi connectivity index (χ0) is 20.5. The summed E-state index contributed by atoms with van der Waals surface area (Å²) in [6.07, 6.45) is -3.17. The van der Waals surface area contributed by atoms with Gasteiger partial charge in [-0.25, -0.2) is 0 Å². The van der Waals surface area contributed by atoms with Crippen molar-refractivity contribution in [2.24, 2.45) is 0 Å². The molecule has 3 rings (SSSR count). The molecule has 0 saturated heterocycles. The molecular formula is C20H16F3NO3S. The topological polar surface area (TPSA) is 59.4 Å². The fourth-order valence-electron chi connectivity index (χ4n) is 2.58. The standard InChI is InChI=1S/C20H16F3NO3S/c1-19(2,18(25)26)28-17-8-9-24-16-7-6-13(11-15(16)17)12-4-3-5-14(10-12)27-20(21,22)23/h3-11H,1-2H3,(H,25,26). The number of carboxylic acids is 1. The van der Waals surface area contributed by atoms with Crippen LogP contribution in [0.3, 0.4) is 0 Å². The van der Waals surface area contributed by atoms with Crippen molar-refractivity contribution in [3.8, 4) is 16.9 Å². The average molecular weight is 407 g/mol. The van der Waals surface area contributed by atoms with Gasteiger partial charge in [-0.3, -0.25) is 9.78 Å². The van der Waals surface area contributed by atoms with E-state index in [0.29, 0.717) is 16.6 Å². The lowest BCUT2D eigenvalue weighted by molar-refractivity contribution is -0.274. The zero-order valence-corrected chi connectivity index (χ0v) is 15.8. The Morgan fingerprint density at radius 2 is 1.79 bits per heavy atom. The molecule has 0 aliphatic carbocycles. The fraction of sp³-hybridized carbons (Fsp3) is 0.200. The molecule has 2 aromatic carbocycles. The van der Waals surface area contributed by atoms with Crippen LogP contribution < -0.4 is 4.74 Å². The van der Waals surface area contributed by atoms with Gasteiger partial charge in [0.05, 0.1) is 5.52 Å². The number of carboxylic acid groups (broad SMARTS) is 1. The van der Waals surface area contributed by atoms with Crippen molar-refractivity contribution in [1.82, 2.24) is 4.98 Å². The first-order valence-electron chi connectivity index (χ1n) is 8.22. The Kier molecular flexibility index (Phi) is 5.25. The first-order chi connectivity index (χ1) is 13.0. The molecule has 1 heterocycles. The largest absolute Gasteiger partial charge is 0.573 e. The summed E-state index contributed by atoms with van der Waals surface area (Å²) in [6, 6.07) is 12.7. The van der Waals surface area contributed by atoms with E-state index < -0.39 is 17.1 Å². The predicted molar refractivity (Wildman–Crippen MR) is 101 cm³/mol. The average Bonchev–Trinajstić information content (AvgIpc) is 2.60. The number of thioether (sulfide) groups is 1. The molecule has 0 atom stereocenters. The smallest absolute Gasteiger partial charge is 0.480 e. The molecule has 3 aromatic rings. The van der Waals surface area contributed by atoms with E-state index >= 15 is 0 Å². The molecule has 0 unspecified atom stereocenters. The lowest BCUT2D eigenvalue weighted by Gasteiger charge is -2.19. The maximum atomic E-state index is 12.5. The highest BCUT2D eigenvalue weighted by Gasteiger charge is 2.31. The molecule has 1 aromatic heterocycles. The van der Waals surface area contributed by atoms with Crippen LogP contribution in [0.2, 0.25) is 0 Å². The minimum absolute atomic E-state index is 0.308. The first kappa shape index (κ1) is 20.0. The van der Waals surface area contributed by atoms with Gasteiger partial charge in [-0.05, 0) is 55.3 Å². The second kappa shape index (κ2) is 7.35. The first-order valence-corrected chi connectivity index (χ1v) is 9.04. The van der Waals surface area contributed by atoms with Gasteiger partial charge in [0.2, 0.25) is 0 Å². The molecule has 0 aliphatic heterocycles. The number of ether oxygens (including phenoxy) is 1. The number of carbonyl (C=O) groups is 1. The molecule has 146 valence electrons. The second-order valence-corrected chi connectivity index (χ2v) is 8.20. The third kappa shape index (κ3) is 4.56. The number of rotatable bonds is 5. The lowest BCUT2D eigenvalue weighted by Crippen LogP contribution is -2.26. The zero-order valence-electron chi connectivity index (χ0n) is 14.9. The van der Waals surface area contributed by atoms with Gasteiger partial charge in [-0.2, -0.15) is 0 Å². The maximum absolute atomic E-state index is 12.5. The van der Waals surface area contributed by atoms with E-state index in [1.807, 2.05) is 0 Å². The minimum atomic E-state index is -4.77. The Hall–Kier alpha value is -2.74. The summed E-state index contributed by atoms with van der Waals surface area (Å²) in [6.45, 7) is 3.21. The summed E-state index contributed by atoms with van der Waals surface area (Å²) in [5, 5.41) is 10.1. The van der Waals surface area contributed by atoms with Crippen molar-refractivity contribution >= 4 is 28.6 Å². The van der Waals surface area contributed by atoms with E-state index in [2.05, 4.69) is 9.72 Å². The van der Waals surface area contributed by atoms with E-state index in [-0.39, 0.29) is 5.75 Å². The number of alkyl halides is 3. The number of hydrogen-bond acceptors (Lipinski definition) is 4. The van der Waals surface area contributed by atoms with Crippen molar-refractivity contribution in [2.45, 2.75) is 29.9 Å². The number of nitrogens with zero attached hydrogens (tertiary/aromatic N) is 1. The van der Waals surface area contributed by atoms with Crippen LogP contribution in [-0.4, -0.2) is 27.2 Å². The summed E-state index contributed by atoms with van der Waals surface area (Å²) in [5.41, 5.74) is 1.88. The minimum Gasteiger partial charge on any atom is -0.480 e. The van der Waals surface area contributed by atoms with Gasteiger partial charge in [0.15, 0.2) is 0 Å². The Balaban J connectivity index is 2.04. The summed E-state index contributed by atoms with van der Waals surface area (Å²) < 4.78 is 40.4. The molecule has 8 heteroatoms. The summed E-state index contributed by atoms with van der Waals surface area (Å²) in [7, 11) is 0. The van der Waals surface area contributed by atoms with Crippen molar-refractivity contribution < 1.29 is 27.8 Å². The monoisotopic (exact) mass is 407 g/mol. The summed E-state index contributed by atoms with van der Waals surface area (Å²) in [5.74, 6) is -1.26. The number of halogens is 3. The Morgan fingerprint density at radius 1 is 1.07 bits per heavy atom. The van der Waals surface area contributed by atoms with Gasteiger partial charge in [0, 0.05) is 16.5 Å². The molecule has 0 saturated carbocycles. The van der Waals surface area contributed by atoms with Gasteiger partial charge < -0.3 is 9.84 Å². The number of fused-ring (bicyclic) bond motifs is 1. The van der Waals surface area contributed by atoms with Crippen LogP contribution in [0.1, 0.15) is 13.8 Å². The highest BCUT2D eigenvalue weighted by atomic mass is 32.2. The van der Waals surface area contributed by atoms with Crippen molar-refractivity contribution in [3.63, 3.8) is 0 Å². The Labute approximate surface area is 163 Å².